The van der Waals surface area contributed by atoms with E-state index in [1.165, 1.54) is 24.4 Å². The molecule has 0 unspecified atom stereocenters. The van der Waals surface area contributed by atoms with Gasteiger partial charge >= 0.3 is 12.1 Å². The van der Waals surface area contributed by atoms with Gasteiger partial charge in [-0.2, -0.15) is 13.2 Å². The standard InChI is InChI=1S/C17H12ClF3N2O3/c18-12-2-1-9(6-14(12)26-8-17(19,20)21)5-10-7-13-15(23-10)11(16(24)25)3-4-22-13/h1-4,6-7,23H,5,8H2,(H,24,25). The predicted octanol–water partition coefficient (Wildman–Crippen LogP) is 4.45. The summed E-state index contributed by atoms with van der Waals surface area (Å²) in [6.07, 6.45) is -2.75. The summed E-state index contributed by atoms with van der Waals surface area (Å²) in [5, 5.41) is 9.28. The molecule has 9 heteroatoms. The number of ether oxygens (including phenoxy) is 1. The molecule has 5 nitrogen and oxygen atoms in total. The fourth-order valence-corrected chi connectivity index (χ4v) is 2.67. The van der Waals surface area contributed by atoms with E-state index in [9.17, 15) is 23.1 Å². The van der Waals surface area contributed by atoms with Gasteiger partial charge in [-0.15, -0.1) is 0 Å². The zero-order valence-electron chi connectivity index (χ0n) is 13.1. The van der Waals surface area contributed by atoms with Gasteiger partial charge in [0.25, 0.3) is 0 Å². The molecule has 3 aromatic rings. The molecule has 0 saturated heterocycles. The molecular weight excluding hydrogens is 373 g/mol. The molecule has 0 radical (unpaired) electrons. The third-order valence-electron chi connectivity index (χ3n) is 3.59. The van der Waals surface area contributed by atoms with Gasteiger partial charge in [0.15, 0.2) is 6.61 Å². The van der Waals surface area contributed by atoms with E-state index in [0.717, 1.165) is 0 Å². The van der Waals surface area contributed by atoms with Crippen molar-refractivity contribution in [1.82, 2.24) is 9.97 Å². The van der Waals surface area contributed by atoms with E-state index in [2.05, 4.69) is 9.97 Å². The summed E-state index contributed by atoms with van der Waals surface area (Å²) in [5.41, 5.74) is 2.27. The second-order valence-electron chi connectivity index (χ2n) is 5.56. The van der Waals surface area contributed by atoms with E-state index >= 15 is 0 Å². The van der Waals surface area contributed by atoms with E-state index < -0.39 is 18.8 Å². The maximum atomic E-state index is 12.3. The first-order valence-corrected chi connectivity index (χ1v) is 7.78. The highest BCUT2D eigenvalue weighted by molar-refractivity contribution is 6.32. The highest BCUT2D eigenvalue weighted by atomic mass is 35.5. The number of carboxylic acids is 1. The van der Waals surface area contributed by atoms with Gasteiger partial charge in [0.05, 0.1) is 21.6 Å². The van der Waals surface area contributed by atoms with Crippen LogP contribution in [0, 0.1) is 0 Å². The predicted molar refractivity (Wildman–Crippen MR) is 88.9 cm³/mol. The van der Waals surface area contributed by atoms with Crippen molar-refractivity contribution in [3.05, 3.63) is 58.4 Å². The van der Waals surface area contributed by atoms with Gasteiger partial charge in [-0.25, -0.2) is 4.79 Å². The van der Waals surface area contributed by atoms with Gasteiger partial charge in [-0.05, 0) is 29.8 Å². The summed E-state index contributed by atoms with van der Waals surface area (Å²) in [6, 6.07) is 7.60. The van der Waals surface area contributed by atoms with Crippen LogP contribution in [0.15, 0.2) is 36.5 Å². The van der Waals surface area contributed by atoms with E-state index in [-0.39, 0.29) is 16.3 Å². The van der Waals surface area contributed by atoms with Crippen molar-refractivity contribution >= 4 is 28.6 Å². The van der Waals surface area contributed by atoms with Crippen LogP contribution < -0.4 is 4.74 Å². The molecule has 0 spiro atoms. The Morgan fingerprint density at radius 2 is 2.04 bits per heavy atom. The Morgan fingerprint density at radius 1 is 1.27 bits per heavy atom. The zero-order valence-corrected chi connectivity index (χ0v) is 13.9. The molecule has 0 saturated carbocycles. The van der Waals surface area contributed by atoms with Crippen molar-refractivity contribution < 1.29 is 27.8 Å². The topological polar surface area (TPSA) is 75.2 Å². The number of hydrogen-bond donors (Lipinski definition) is 2. The molecule has 26 heavy (non-hydrogen) atoms. The number of alkyl halides is 3. The SMILES string of the molecule is O=C(O)c1ccnc2cc(Cc3ccc(Cl)c(OCC(F)(F)F)c3)[nH]c12. The van der Waals surface area contributed by atoms with Crippen molar-refractivity contribution in [2.45, 2.75) is 12.6 Å². The van der Waals surface area contributed by atoms with E-state index in [0.29, 0.717) is 28.7 Å². The molecule has 1 aromatic carbocycles. The zero-order chi connectivity index (χ0) is 18.9. The molecule has 0 bridgehead atoms. The molecular formula is C17H12ClF3N2O3. The molecule has 136 valence electrons. The Balaban J connectivity index is 1.86. The Morgan fingerprint density at radius 3 is 2.73 bits per heavy atom. The number of fused-ring (bicyclic) bond motifs is 1. The van der Waals surface area contributed by atoms with Crippen LogP contribution in [0.4, 0.5) is 13.2 Å². The highest BCUT2D eigenvalue weighted by Gasteiger charge is 2.28. The van der Waals surface area contributed by atoms with Gasteiger partial charge in [0, 0.05) is 18.3 Å². The number of carbonyl (C=O) groups is 1. The lowest BCUT2D eigenvalue weighted by atomic mass is 10.1. The molecule has 0 aliphatic heterocycles. The third-order valence-corrected chi connectivity index (χ3v) is 3.90. The molecule has 2 N–H and O–H groups in total. The van der Waals surface area contributed by atoms with Crippen LogP contribution in [0.3, 0.4) is 0 Å². The average Bonchev–Trinajstić information content (AvgIpc) is 2.96. The van der Waals surface area contributed by atoms with Crippen LogP contribution in [0.25, 0.3) is 11.0 Å². The molecule has 0 aliphatic carbocycles. The van der Waals surface area contributed by atoms with Gasteiger partial charge in [0.2, 0.25) is 0 Å². The second-order valence-corrected chi connectivity index (χ2v) is 5.97. The quantitative estimate of drug-likeness (QED) is 0.681. The first-order chi connectivity index (χ1) is 12.2. The Bertz CT molecular complexity index is 970. The number of pyridine rings is 1. The highest BCUT2D eigenvalue weighted by Crippen LogP contribution is 2.29. The number of hydrogen-bond acceptors (Lipinski definition) is 3. The minimum atomic E-state index is -4.46. The number of aromatic amines is 1. The molecule has 2 aromatic heterocycles. The van der Waals surface area contributed by atoms with Crippen LogP contribution in [-0.2, 0) is 6.42 Å². The number of aromatic carboxylic acids is 1. The normalized spacial score (nSPS) is 11.7. The maximum Gasteiger partial charge on any atom is 0.422 e. The average molecular weight is 385 g/mol. The van der Waals surface area contributed by atoms with Crippen LogP contribution in [0.5, 0.6) is 5.75 Å². The van der Waals surface area contributed by atoms with Gasteiger partial charge in [-0.3, -0.25) is 4.98 Å². The number of H-pyrrole nitrogens is 1. The maximum absolute atomic E-state index is 12.3. The molecule has 0 aliphatic rings. The summed E-state index contributed by atoms with van der Waals surface area (Å²) in [4.78, 5) is 18.3. The Hall–Kier alpha value is -2.74. The lowest BCUT2D eigenvalue weighted by Gasteiger charge is -2.11. The van der Waals surface area contributed by atoms with Gasteiger partial charge in [-0.1, -0.05) is 17.7 Å². The van der Waals surface area contributed by atoms with Crippen molar-refractivity contribution in [3.8, 4) is 5.75 Å². The van der Waals surface area contributed by atoms with E-state index in [1.54, 1.807) is 12.1 Å². The van der Waals surface area contributed by atoms with Gasteiger partial charge in [0.1, 0.15) is 5.75 Å². The van der Waals surface area contributed by atoms with Gasteiger partial charge < -0.3 is 14.8 Å². The van der Waals surface area contributed by atoms with Crippen LogP contribution >= 0.6 is 11.6 Å². The summed E-state index contributed by atoms with van der Waals surface area (Å²) >= 11 is 5.87. The fourth-order valence-electron chi connectivity index (χ4n) is 2.50. The molecule has 2 heterocycles. The van der Waals surface area contributed by atoms with Crippen molar-refractivity contribution in [2.75, 3.05) is 6.61 Å². The number of carboxylic acid groups (broad SMARTS) is 1. The number of aromatic nitrogens is 2. The monoisotopic (exact) mass is 384 g/mol. The largest absolute Gasteiger partial charge is 0.483 e. The minimum Gasteiger partial charge on any atom is -0.483 e. The smallest absolute Gasteiger partial charge is 0.422 e. The van der Waals surface area contributed by atoms with Crippen molar-refractivity contribution in [3.63, 3.8) is 0 Å². The second kappa shape index (κ2) is 6.87. The summed E-state index contributed by atoms with van der Waals surface area (Å²) in [7, 11) is 0. The number of halogens is 4. The minimum absolute atomic E-state index is 0.0676. The summed E-state index contributed by atoms with van der Waals surface area (Å²) in [5.74, 6) is -1.15. The summed E-state index contributed by atoms with van der Waals surface area (Å²) < 4.78 is 41.7. The number of nitrogens with one attached hydrogen (secondary N) is 1. The van der Waals surface area contributed by atoms with Crippen molar-refractivity contribution in [1.29, 1.82) is 0 Å². The third kappa shape index (κ3) is 4.08. The fraction of sp³-hybridized carbons (Fsp3) is 0.176. The van der Waals surface area contributed by atoms with Crippen LogP contribution in [-0.4, -0.2) is 33.8 Å². The molecule has 0 fully saturated rings. The lowest BCUT2D eigenvalue weighted by molar-refractivity contribution is -0.153. The number of benzene rings is 1. The Labute approximate surface area is 150 Å². The summed E-state index contributed by atoms with van der Waals surface area (Å²) in [6.45, 7) is -1.44. The molecule has 0 atom stereocenters. The molecule has 0 amide bonds. The van der Waals surface area contributed by atoms with Crippen LogP contribution in [0.2, 0.25) is 5.02 Å². The lowest BCUT2D eigenvalue weighted by Crippen LogP contribution is -2.19. The number of rotatable bonds is 5. The van der Waals surface area contributed by atoms with E-state index in [1.807, 2.05) is 0 Å². The Kier molecular flexibility index (Phi) is 4.78. The number of nitrogens with zero attached hydrogens (tertiary/aromatic N) is 1. The molecule has 3 rings (SSSR count). The van der Waals surface area contributed by atoms with E-state index in [4.69, 9.17) is 16.3 Å². The van der Waals surface area contributed by atoms with Crippen LogP contribution in [0.1, 0.15) is 21.6 Å². The first kappa shape index (κ1) is 18.1. The first-order valence-electron chi connectivity index (χ1n) is 7.41. The van der Waals surface area contributed by atoms with Crippen molar-refractivity contribution in [2.24, 2.45) is 0 Å².